The predicted molar refractivity (Wildman–Crippen MR) is 86.5 cm³/mol. The van der Waals surface area contributed by atoms with Crippen LogP contribution in [-0.4, -0.2) is 36.1 Å². The van der Waals surface area contributed by atoms with E-state index < -0.39 is 5.97 Å². The molecule has 0 saturated carbocycles. The van der Waals surface area contributed by atoms with Gasteiger partial charge in [-0.15, -0.1) is 0 Å². The molecule has 0 amide bonds. The molecule has 1 aliphatic rings. The van der Waals surface area contributed by atoms with Crippen LogP contribution in [0.4, 0.5) is 0 Å². The predicted octanol–water partition coefficient (Wildman–Crippen LogP) is 0.525. The van der Waals surface area contributed by atoms with Crippen molar-refractivity contribution in [3.63, 3.8) is 0 Å². The summed E-state index contributed by atoms with van der Waals surface area (Å²) < 4.78 is 4.72. The Kier molecular flexibility index (Phi) is 4.43. The lowest BCUT2D eigenvalue weighted by Crippen LogP contribution is -3.12. The molecule has 23 heavy (non-hydrogen) atoms. The van der Waals surface area contributed by atoms with Crippen molar-refractivity contribution in [2.45, 2.75) is 26.3 Å². The van der Waals surface area contributed by atoms with E-state index in [9.17, 15) is 9.59 Å². The van der Waals surface area contributed by atoms with E-state index in [0.29, 0.717) is 34.8 Å². The number of aromatic amines is 1. The van der Waals surface area contributed by atoms with Gasteiger partial charge in [-0.05, 0) is 31.0 Å². The molecule has 0 spiro atoms. The number of carbonyl (C=O) groups excluding carboxylic acids is 1. The van der Waals surface area contributed by atoms with E-state index in [1.165, 1.54) is 24.9 Å². The molecule has 122 valence electrons. The summed E-state index contributed by atoms with van der Waals surface area (Å²) in [5, 5.41) is 0.489. The molecule has 1 aromatic heterocycles. The molecule has 1 unspecified atom stereocenters. The van der Waals surface area contributed by atoms with Crippen molar-refractivity contribution in [1.29, 1.82) is 0 Å². The number of esters is 1. The number of carbonyl (C=O) groups is 1. The lowest BCUT2D eigenvalue weighted by atomic mass is 10.0. The fourth-order valence-electron chi connectivity index (χ4n) is 3.31. The number of H-pyrrole nitrogens is 1. The number of nitrogens with zero attached hydrogens (tertiary/aromatic N) is 1. The highest BCUT2D eigenvalue weighted by Crippen LogP contribution is 2.11. The van der Waals surface area contributed by atoms with Gasteiger partial charge in [0, 0.05) is 5.92 Å². The molecule has 0 aliphatic carbocycles. The van der Waals surface area contributed by atoms with Gasteiger partial charge in [0.2, 0.25) is 0 Å². The minimum absolute atomic E-state index is 0.161. The highest BCUT2D eigenvalue weighted by Gasteiger charge is 2.21. The number of benzene rings is 1. The minimum Gasteiger partial charge on any atom is -0.465 e. The molecule has 6 nitrogen and oxygen atoms in total. The van der Waals surface area contributed by atoms with Crippen LogP contribution in [0.5, 0.6) is 0 Å². The Morgan fingerprint density at radius 3 is 3.04 bits per heavy atom. The number of aromatic nitrogens is 2. The van der Waals surface area contributed by atoms with Crippen LogP contribution >= 0.6 is 0 Å². The quantitative estimate of drug-likeness (QED) is 0.810. The first-order valence-corrected chi connectivity index (χ1v) is 8.01. The van der Waals surface area contributed by atoms with Crippen molar-refractivity contribution in [2.75, 3.05) is 20.2 Å². The monoisotopic (exact) mass is 316 g/mol. The molecular weight excluding hydrogens is 294 g/mol. The van der Waals surface area contributed by atoms with Crippen molar-refractivity contribution in [1.82, 2.24) is 9.97 Å². The summed E-state index contributed by atoms with van der Waals surface area (Å²) in [6.45, 7) is 5.18. The van der Waals surface area contributed by atoms with E-state index >= 15 is 0 Å². The van der Waals surface area contributed by atoms with Crippen molar-refractivity contribution in [3.8, 4) is 0 Å². The molecule has 1 fully saturated rings. The summed E-state index contributed by atoms with van der Waals surface area (Å²) in [5.74, 6) is 0.955. The Hall–Kier alpha value is -2.21. The van der Waals surface area contributed by atoms with Gasteiger partial charge in [-0.2, -0.15) is 0 Å². The molecule has 0 radical (unpaired) electrons. The topological polar surface area (TPSA) is 76.5 Å². The average Bonchev–Trinajstić information content (AvgIpc) is 2.53. The van der Waals surface area contributed by atoms with E-state index in [2.05, 4.69) is 16.9 Å². The molecule has 0 bridgehead atoms. The van der Waals surface area contributed by atoms with Gasteiger partial charge in [0.25, 0.3) is 5.56 Å². The number of likely N-dealkylation sites (tertiary alicyclic amines) is 1. The van der Waals surface area contributed by atoms with Gasteiger partial charge in [-0.25, -0.2) is 9.78 Å². The van der Waals surface area contributed by atoms with Gasteiger partial charge in [0.05, 0.1) is 36.7 Å². The van der Waals surface area contributed by atoms with Crippen LogP contribution in [-0.2, 0) is 11.3 Å². The third-order valence-corrected chi connectivity index (χ3v) is 4.46. The Bertz CT molecular complexity index is 784. The molecule has 2 aromatic rings. The van der Waals surface area contributed by atoms with Gasteiger partial charge in [0.1, 0.15) is 6.54 Å². The van der Waals surface area contributed by atoms with E-state index in [0.717, 1.165) is 13.1 Å². The number of hydrogen-bond acceptors (Lipinski definition) is 4. The van der Waals surface area contributed by atoms with Crippen molar-refractivity contribution in [2.24, 2.45) is 5.92 Å². The Balaban J connectivity index is 1.92. The number of piperidine rings is 1. The van der Waals surface area contributed by atoms with Crippen LogP contribution < -0.4 is 10.5 Å². The minimum atomic E-state index is -0.425. The maximum Gasteiger partial charge on any atom is 0.337 e. The molecule has 1 saturated heterocycles. The zero-order chi connectivity index (χ0) is 16.4. The third-order valence-electron chi connectivity index (χ3n) is 4.46. The summed E-state index contributed by atoms with van der Waals surface area (Å²) in [7, 11) is 1.34. The number of ether oxygens (including phenoxy) is 1. The zero-order valence-electron chi connectivity index (χ0n) is 13.5. The Morgan fingerprint density at radius 1 is 1.48 bits per heavy atom. The number of rotatable bonds is 3. The van der Waals surface area contributed by atoms with Gasteiger partial charge >= 0.3 is 5.97 Å². The number of nitrogens with one attached hydrogen (secondary N) is 2. The molecular formula is C17H22N3O3+. The lowest BCUT2D eigenvalue weighted by Gasteiger charge is -2.27. The standard InChI is InChI=1S/C17H21N3O3/c1-11-4-3-7-20(9-11)10-15-18-14-8-12(17(22)23-2)5-6-13(14)16(21)19-15/h5-6,8,11H,3-4,7,9-10H2,1-2H3,(H,18,19,21)/p+1/t11-/m0/s1. The number of hydrogen-bond donors (Lipinski definition) is 2. The Labute approximate surface area is 134 Å². The van der Waals surface area contributed by atoms with E-state index in [-0.39, 0.29) is 5.56 Å². The molecule has 1 aromatic carbocycles. The molecule has 6 heteroatoms. The Morgan fingerprint density at radius 2 is 2.30 bits per heavy atom. The zero-order valence-corrected chi connectivity index (χ0v) is 13.5. The van der Waals surface area contributed by atoms with Crippen LogP contribution in [0.15, 0.2) is 23.0 Å². The molecule has 2 heterocycles. The van der Waals surface area contributed by atoms with Crippen LogP contribution in [0.1, 0.15) is 35.9 Å². The fraction of sp³-hybridized carbons (Fsp3) is 0.471. The SMILES string of the molecule is COC(=O)c1ccc2c(=O)[nH]c(C[NH+]3CCC[C@H](C)C3)nc2c1. The second-order valence-electron chi connectivity index (χ2n) is 6.36. The lowest BCUT2D eigenvalue weighted by molar-refractivity contribution is -0.922. The first-order chi connectivity index (χ1) is 11.1. The molecule has 1 aliphatic heterocycles. The maximum absolute atomic E-state index is 12.2. The molecule has 2 atom stereocenters. The molecule has 3 rings (SSSR count). The smallest absolute Gasteiger partial charge is 0.337 e. The largest absolute Gasteiger partial charge is 0.465 e. The van der Waals surface area contributed by atoms with Crippen molar-refractivity contribution >= 4 is 16.9 Å². The first-order valence-electron chi connectivity index (χ1n) is 8.01. The normalized spacial score (nSPS) is 21.3. The van der Waals surface area contributed by atoms with E-state index in [4.69, 9.17) is 4.74 Å². The second kappa shape index (κ2) is 6.50. The number of quaternary nitrogens is 1. The van der Waals surface area contributed by atoms with Gasteiger partial charge < -0.3 is 14.6 Å². The average molecular weight is 316 g/mol. The summed E-state index contributed by atoms with van der Waals surface area (Å²) in [6.07, 6.45) is 2.48. The number of methoxy groups -OCH3 is 1. The van der Waals surface area contributed by atoms with Crippen LogP contribution in [0.2, 0.25) is 0 Å². The van der Waals surface area contributed by atoms with E-state index in [1.54, 1.807) is 18.2 Å². The third kappa shape index (κ3) is 3.42. The van der Waals surface area contributed by atoms with Crippen molar-refractivity contribution < 1.29 is 14.4 Å². The van der Waals surface area contributed by atoms with Gasteiger partial charge in [-0.3, -0.25) is 4.79 Å². The van der Waals surface area contributed by atoms with Crippen LogP contribution in [0.3, 0.4) is 0 Å². The summed E-state index contributed by atoms with van der Waals surface area (Å²) >= 11 is 0. The maximum atomic E-state index is 12.2. The highest BCUT2D eigenvalue weighted by molar-refractivity contribution is 5.93. The van der Waals surface area contributed by atoms with Crippen LogP contribution in [0.25, 0.3) is 10.9 Å². The van der Waals surface area contributed by atoms with Crippen molar-refractivity contribution in [3.05, 3.63) is 39.9 Å². The highest BCUT2D eigenvalue weighted by atomic mass is 16.5. The fourth-order valence-corrected chi connectivity index (χ4v) is 3.31. The summed E-state index contributed by atoms with van der Waals surface area (Å²) in [4.78, 5) is 32.7. The first kappa shape index (κ1) is 15.7. The van der Waals surface area contributed by atoms with Gasteiger partial charge in [0.15, 0.2) is 5.82 Å². The second-order valence-corrected chi connectivity index (χ2v) is 6.36. The van der Waals surface area contributed by atoms with Crippen LogP contribution in [0, 0.1) is 5.92 Å². The van der Waals surface area contributed by atoms with Gasteiger partial charge in [-0.1, -0.05) is 6.92 Å². The molecule has 2 N–H and O–H groups in total. The summed E-state index contributed by atoms with van der Waals surface area (Å²) in [6, 6.07) is 4.82. The summed E-state index contributed by atoms with van der Waals surface area (Å²) in [5.41, 5.74) is 0.782. The van der Waals surface area contributed by atoms with E-state index in [1.807, 2.05) is 0 Å². The number of fused-ring (bicyclic) bond motifs is 1.